The Hall–Kier alpha value is -2.95. The smallest absolute Gasteiger partial charge is 0.337 e. The molecule has 0 atom stereocenters. The summed E-state index contributed by atoms with van der Waals surface area (Å²) in [5.41, 5.74) is 5.84. The average Bonchev–Trinajstić information content (AvgIpc) is 2.46. The molecular weight excluding hydrogens is 270 g/mol. The fourth-order valence-corrected chi connectivity index (χ4v) is 2.12. The topological polar surface area (TPSA) is 97.5 Å². The van der Waals surface area contributed by atoms with E-state index in [1.807, 2.05) is 0 Å². The van der Waals surface area contributed by atoms with Gasteiger partial charge in [0.2, 0.25) is 0 Å². The molecule has 2 rings (SSSR count). The number of Topliss-reactive ketones (excluding diaryl/α,β-unsaturated/α-hetero) is 1. The highest BCUT2D eigenvalue weighted by Gasteiger charge is 2.22. The molecule has 106 valence electrons. The fraction of sp³-hybridized carbons (Fsp3) is 0.0625. The van der Waals surface area contributed by atoms with Crippen molar-refractivity contribution in [2.75, 3.05) is 5.73 Å². The molecule has 0 aliphatic rings. The van der Waals surface area contributed by atoms with Crippen LogP contribution in [0.5, 0.6) is 0 Å². The summed E-state index contributed by atoms with van der Waals surface area (Å²) in [5.74, 6) is -2.06. The van der Waals surface area contributed by atoms with E-state index >= 15 is 0 Å². The zero-order chi connectivity index (χ0) is 15.6. The minimum atomic E-state index is -1.24. The molecule has 2 aromatic rings. The van der Waals surface area contributed by atoms with Crippen LogP contribution in [0, 0.1) is 0 Å². The van der Waals surface area contributed by atoms with E-state index in [9.17, 15) is 14.4 Å². The summed E-state index contributed by atoms with van der Waals surface area (Å²) in [6.07, 6.45) is 0. The molecule has 0 bridgehead atoms. The van der Waals surface area contributed by atoms with Crippen LogP contribution in [0.15, 0.2) is 42.5 Å². The van der Waals surface area contributed by atoms with Crippen molar-refractivity contribution in [3.8, 4) is 0 Å². The molecule has 21 heavy (non-hydrogen) atoms. The molecule has 2 aromatic carbocycles. The second-order valence-corrected chi connectivity index (χ2v) is 4.51. The van der Waals surface area contributed by atoms with Gasteiger partial charge in [-0.3, -0.25) is 9.59 Å². The van der Waals surface area contributed by atoms with Gasteiger partial charge in [0.1, 0.15) is 0 Å². The Morgan fingerprint density at radius 1 is 0.952 bits per heavy atom. The van der Waals surface area contributed by atoms with Crippen molar-refractivity contribution >= 4 is 23.2 Å². The van der Waals surface area contributed by atoms with Crippen LogP contribution in [-0.2, 0) is 0 Å². The molecule has 0 saturated carbocycles. The lowest BCUT2D eigenvalue weighted by atomic mass is 9.93. The van der Waals surface area contributed by atoms with Gasteiger partial charge in [0, 0.05) is 11.1 Å². The first kappa shape index (κ1) is 14.5. The molecule has 5 heteroatoms. The summed E-state index contributed by atoms with van der Waals surface area (Å²) in [5, 5.41) is 9.04. The first-order valence-electron chi connectivity index (χ1n) is 6.20. The number of nitrogens with two attached hydrogens (primary N) is 1. The van der Waals surface area contributed by atoms with Gasteiger partial charge in [-0.15, -0.1) is 0 Å². The molecule has 0 aliphatic carbocycles. The number of hydrogen-bond acceptors (Lipinski definition) is 4. The first-order valence-corrected chi connectivity index (χ1v) is 6.20. The van der Waals surface area contributed by atoms with Crippen LogP contribution in [0.3, 0.4) is 0 Å². The highest BCUT2D eigenvalue weighted by molar-refractivity contribution is 6.18. The van der Waals surface area contributed by atoms with Crippen molar-refractivity contribution in [3.63, 3.8) is 0 Å². The molecule has 0 radical (unpaired) electrons. The van der Waals surface area contributed by atoms with Crippen LogP contribution in [0.4, 0.5) is 5.69 Å². The molecule has 5 nitrogen and oxygen atoms in total. The predicted molar refractivity (Wildman–Crippen MR) is 77.7 cm³/mol. The van der Waals surface area contributed by atoms with Crippen molar-refractivity contribution in [2.45, 2.75) is 6.92 Å². The minimum absolute atomic E-state index is 0.0521. The number of anilines is 1. The SMILES string of the molecule is CC(=O)c1c(C(=O)c2ccccc2)ccc(C(=O)O)c1N. The van der Waals surface area contributed by atoms with Gasteiger partial charge in [0.05, 0.1) is 16.8 Å². The predicted octanol–water partition coefficient (Wildman–Crippen LogP) is 2.40. The van der Waals surface area contributed by atoms with E-state index in [4.69, 9.17) is 10.8 Å². The van der Waals surface area contributed by atoms with Gasteiger partial charge in [0.25, 0.3) is 0 Å². The van der Waals surface area contributed by atoms with Gasteiger partial charge in [-0.05, 0) is 19.1 Å². The number of nitrogen functional groups attached to an aromatic ring is 1. The molecule has 0 aliphatic heterocycles. The molecule has 3 N–H and O–H groups in total. The normalized spacial score (nSPS) is 10.1. The number of carboxylic acid groups (broad SMARTS) is 1. The Morgan fingerprint density at radius 2 is 1.52 bits per heavy atom. The van der Waals surface area contributed by atoms with Crippen LogP contribution in [0.1, 0.15) is 43.6 Å². The van der Waals surface area contributed by atoms with Gasteiger partial charge in [0.15, 0.2) is 11.6 Å². The van der Waals surface area contributed by atoms with Crippen LogP contribution < -0.4 is 5.73 Å². The number of benzene rings is 2. The Balaban J connectivity index is 2.65. The maximum Gasteiger partial charge on any atom is 0.337 e. The summed E-state index contributed by atoms with van der Waals surface area (Å²) >= 11 is 0. The Bertz CT molecular complexity index is 735. The van der Waals surface area contributed by atoms with E-state index in [0.717, 1.165) is 0 Å². The molecular formula is C16H13NO4. The third-order valence-electron chi connectivity index (χ3n) is 3.11. The Morgan fingerprint density at radius 3 is 2.05 bits per heavy atom. The van der Waals surface area contributed by atoms with E-state index < -0.39 is 11.8 Å². The van der Waals surface area contributed by atoms with Crippen LogP contribution >= 0.6 is 0 Å². The van der Waals surface area contributed by atoms with E-state index in [1.165, 1.54) is 19.1 Å². The number of carbonyl (C=O) groups is 3. The van der Waals surface area contributed by atoms with Crippen molar-refractivity contribution in [1.82, 2.24) is 0 Å². The standard InChI is InChI=1S/C16H13NO4/c1-9(18)13-11(7-8-12(14(13)17)16(20)21)15(19)10-5-3-2-4-6-10/h2-8H,17H2,1H3,(H,20,21). The number of aromatic carboxylic acids is 1. The average molecular weight is 283 g/mol. The zero-order valence-electron chi connectivity index (χ0n) is 11.3. The van der Waals surface area contributed by atoms with E-state index in [1.54, 1.807) is 30.3 Å². The van der Waals surface area contributed by atoms with E-state index in [2.05, 4.69) is 0 Å². The van der Waals surface area contributed by atoms with Crippen molar-refractivity contribution in [1.29, 1.82) is 0 Å². The molecule has 0 spiro atoms. The second kappa shape index (κ2) is 5.58. The molecule has 0 fully saturated rings. The Labute approximate surface area is 121 Å². The quantitative estimate of drug-likeness (QED) is 0.663. The van der Waals surface area contributed by atoms with E-state index in [-0.39, 0.29) is 28.2 Å². The maximum absolute atomic E-state index is 12.4. The van der Waals surface area contributed by atoms with Gasteiger partial charge in [-0.25, -0.2) is 4.79 Å². The fourth-order valence-electron chi connectivity index (χ4n) is 2.12. The summed E-state index contributed by atoms with van der Waals surface area (Å²) in [7, 11) is 0. The molecule has 0 saturated heterocycles. The third kappa shape index (κ3) is 2.67. The third-order valence-corrected chi connectivity index (χ3v) is 3.11. The molecule has 0 unspecified atom stereocenters. The van der Waals surface area contributed by atoms with Crippen LogP contribution in [-0.4, -0.2) is 22.6 Å². The molecule has 0 amide bonds. The van der Waals surface area contributed by atoms with Crippen LogP contribution in [0.25, 0.3) is 0 Å². The minimum Gasteiger partial charge on any atom is -0.478 e. The monoisotopic (exact) mass is 283 g/mol. The lowest BCUT2D eigenvalue weighted by Gasteiger charge is -2.11. The lowest BCUT2D eigenvalue weighted by molar-refractivity contribution is 0.0697. The summed E-state index contributed by atoms with van der Waals surface area (Å²) in [6, 6.07) is 11.0. The van der Waals surface area contributed by atoms with Gasteiger partial charge in [-0.2, -0.15) is 0 Å². The molecule has 0 aromatic heterocycles. The number of rotatable bonds is 4. The van der Waals surface area contributed by atoms with Crippen molar-refractivity contribution in [2.24, 2.45) is 0 Å². The lowest BCUT2D eigenvalue weighted by Crippen LogP contribution is -2.14. The van der Waals surface area contributed by atoms with E-state index in [0.29, 0.717) is 5.56 Å². The number of carbonyl (C=O) groups excluding carboxylic acids is 2. The maximum atomic E-state index is 12.4. The van der Waals surface area contributed by atoms with Crippen LogP contribution in [0.2, 0.25) is 0 Å². The number of carboxylic acids is 1. The zero-order valence-corrected chi connectivity index (χ0v) is 11.3. The van der Waals surface area contributed by atoms with Gasteiger partial charge < -0.3 is 10.8 Å². The molecule has 0 heterocycles. The van der Waals surface area contributed by atoms with Gasteiger partial charge in [-0.1, -0.05) is 30.3 Å². The number of ketones is 2. The summed E-state index contributed by atoms with van der Waals surface area (Å²) in [6.45, 7) is 1.25. The van der Waals surface area contributed by atoms with Gasteiger partial charge >= 0.3 is 5.97 Å². The summed E-state index contributed by atoms with van der Waals surface area (Å²) < 4.78 is 0. The largest absolute Gasteiger partial charge is 0.478 e. The summed E-state index contributed by atoms with van der Waals surface area (Å²) in [4.78, 5) is 35.3. The van der Waals surface area contributed by atoms with Crippen molar-refractivity contribution in [3.05, 3.63) is 64.7 Å². The van der Waals surface area contributed by atoms with Crippen molar-refractivity contribution < 1.29 is 19.5 Å². The Kier molecular flexibility index (Phi) is 3.84. The highest BCUT2D eigenvalue weighted by Crippen LogP contribution is 2.25. The number of hydrogen-bond donors (Lipinski definition) is 2. The first-order chi connectivity index (χ1) is 9.93. The highest BCUT2D eigenvalue weighted by atomic mass is 16.4. The second-order valence-electron chi connectivity index (χ2n) is 4.51.